The standard InChI is InChI=1S/C9H15Br6O3P/c10-7(11)1-4-16-19(17-5-2-8(12)13)18-6-3-9(14)15/h7-9H,1-6H2. The average Bonchev–Trinajstić information content (AvgIpc) is 2.26. The Morgan fingerprint density at radius 2 is 0.842 bits per heavy atom. The molecule has 0 unspecified atom stereocenters. The quantitative estimate of drug-likeness (QED) is 0.168. The summed E-state index contributed by atoms with van der Waals surface area (Å²) in [6.45, 7) is 1.76. The first-order valence-corrected chi connectivity index (χ1v) is 12.0. The predicted molar refractivity (Wildman–Crippen MR) is 104 cm³/mol. The minimum absolute atomic E-state index is 0.251. The molecule has 0 fully saturated rings. The van der Waals surface area contributed by atoms with Crippen molar-refractivity contribution in [3.05, 3.63) is 0 Å². The highest BCUT2D eigenvalue weighted by Gasteiger charge is 2.14. The molecule has 0 heterocycles. The fourth-order valence-corrected chi connectivity index (χ4v) is 2.87. The lowest BCUT2D eigenvalue weighted by Gasteiger charge is -2.17. The number of rotatable bonds is 12. The molecule has 116 valence electrons. The molecule has 0 aromatic heterocycles. The third-order valence-corrected chi connectivity index (χ3v) is 5.53. The summed E-state index contributed by atoms with van der Waals surface area (Å²) in [5.41, 5.74) is 0. The Morgan fingerprint density at radius 3 is 1.05 bits per heavy atom. The van der Waals surface area contributed by atoms with E-state index < -0.39 is 8.60 Å². The van der Waals surface area contributed by atoms with Crippen LogP contribution in [0, 0.1) is 0 Å². The summed E-state index contributed by atoms with van der Waals surface area (Å²) < 4.78 is 17.6. The molecule has 0 rings (SSSR count). The van der Waals surface area contributed by atoms with Crippen LogP contribution in [-0.2, 0) is 13.6 Å². The highest BCUT2D eigenvalue weighted by atomic mass is 79.9. The minimum Gasteiger partial charge on any atom is -0.312 e. The molecule has 0 aliphatic heterocycles. The Kier molecular flexibility index (Phi) is 17.2. The van der Waals surface area contributed by atoms with Crippen LogP contribution in [-0.4, -0.2) is 31.0 Å². The second kappa shape index (κ2) is 14.8. The molecule has 0 aliphatic rings. The third kappa shape index (κ3) is 17.4. The van der Waals surface area contributed by atoms with E-state index in [1.807, 2.05) is 0 Å². The van der Waals surface area contributed by atoms with Gasteiger partial charge in [-0.05, 0) is 19.3 Å². The molecule has 0 atom stereocenters. The monoisotopic (exact) mass is 676 g/mol. The second-order valence-electron chi connectivity index (χ2n) is 3.26. The van der Waals surface area contributed by atoms with Crippen molar-refractivity contribution >= 4 is 104 Å². The number of alkyl halides is 6. The molecule has 3 nitrogen and oxygen atoms in total. The molecule has 0 bridgehead atoms. The largest absolute Gasteiger partial charge is 0.332 e. The first kappa shape index (κ1) is 22.2. The molecule has 0 aromatic carbocycles. The summed E-state index contributed by atoms with van der Waals surface area (Å²) in [7, 11) is -1.28. The lowest BCUT2D eigenvalue weighted by atomic mass is 10.5. The zero-order valence-corrected chi connectivity index (χ0v) is 20.3. The van der Waals surface area contributed by atoms with Crippen molar-refractivity contribution in [1.29, 1.82) is 0 Å². The van der Waals surface area contributed by atoms with Crippen LogP contribution in [0.1, 0.15) is 19.3 Å². The molecule has 0 radical (unpaired) electrons. The highest BCUT2D eigenvalue weighted by molar-refractivity contribution is 9.25. The molecule has 19 heavy (non-hydrogen) atoms. The van der Waals surface area contributed by atoms with Crippen LogP contribution in [0.2, 0.25) is 0 Å². The SMILES string of the molecule is BrC(Br)CCOP(OCCC(Br)Br)OCCC(Br)Br. The molecule has 10 heteroatoms. The maximum Gasteiger partial charge on any atom is 0.332 e. The van der Waals surface area contributed by atoms with Gasteiger partial charge in [-0.1, -0.05) is 95.6 Å². The average molecular weight is 682 g/mol. The van der Waals surface area contributed by atoms with Crippen LogP contribution < -0.4 is 0 Å². The Bertz CT molecular complexity index is 177. The van der Waals surface area contributed by atoms with Gasteiger partial charge in [0.15, 0.2) is 0 Å². The van der Waals surface area contributed by atoms with Crippen molar-refractivity contribution in [2.45, 2.75) is 30.5 Å². The van der Waals surface area contributed by atoms with Crippen molar-refractivity contribution in [2.75, 3.05) is 19.8 Å². The van der Waals surface area contributed by atoms with Crippen LogP contribution in [0.5, 0.6) is 0 Å². The smallest absolute Gasteiger partial charge is 0.312 e. The number of hydrogen-bond donors (Lipinski definition) is 0. The van der Waals surface area contributed by atoms with Crippen molar-refractivity contribution in [3.8, 4) is 0 Å². The Hall–Kier alpha value is 3.19. The predicted octanol–water partition coefficient (Wildman–Crippen LogP) is 6.78. The summed E-state index contributed by atoms with van der Waals surface area (Å²) in [5.74, 6) is 0. The maximum atomic E-state index is 5.62. The molecule has 0 saturated carbocycles. The van der Waals surface area contributed by atoms with Crippen molar-refractivity contribution in [2.24, 2.45) is 0 Å². The molecular formula is C9H15Br6O3P. The van der Waals surface area contributed by atoms with E-state index >= 15 is 0 Å². The fourth-order valence-electron chi connectivity index (χ4n) is 0.761. The first-order valence-electron chi connectivity index (χ1n) is 5.45. The van der Waals surface area contributed by atoms with Gasteiger partial charge in [-0.3, -0.25) is 0 Å². The van der Waals surface area contributed by atoms with Gasteiger partial charge in [0.05, 0.1) is 31.0 Å². The summed E-state index contributed by atoms with van der Waals surface area (Å²) >= 11 is 20.4. The summed E-state index contributed by atoms with van der Waals surface area (Å²) in [4.78, 5) is 0. The summed E-state index contributed by atoms with van der Waals surface area (Å²) in [6, 6.07) is 0. The molecule has 0 saturated heterocycles. The summed E-state index contributed by atoms with van der Waals surface area (Å²) in [5, 5.41) is 0. The van der Waals surface area contributed by atoms with E-state index in [1.165, 1.54) is 0 Å². The van der Waals surface area contributed by atoms with E-state index in [0.717, 1.165) is 19.3 Å². The van der Waals surface area contributed by atoms with Crippen LogP contribution in [0.4, 0.5) is 0 Å². The molecule has 0 spiro atoms. The van der Waals surface area contributed by atoms with Gasteiger partial charge < -0.3 is 13.6 Å². The van der Waals surface area contributed by atoms with E-state index in [1.54, 1.807) is 0 Å². The Morgan fingerprint density at radius 1 is 0.579 bits per heavy atom. The normalized spacial score (nSPS) is 12.3. The van der Waals surface area contributed by atoms with Crippen molar-refractivity contribution in [1.82, 2.24) is 0 Å². The summed E-state index contributed by atoms with van der Waals surface area (Å²) in [6.07, 6.45) is 2.56. The third-order valence-electron chi connectivity index (χ3n) is 1.60. The van der Waals surface area contributed by atoms with Crippen molar-refractivity contribution < 1.29 is 13.6 Å². The zero-order chi connectivity index (χ0) is 14.7. The lowest BCUT2D eigenvalue weighted by molar-refractivity contribution is 0.160. The highest BCUT2D eigenvalue weighted by Crippen LogP contribution is 2.41. The van der Waals surface area contributed by atoms with Crippen LogP contribution in [0.15, 0.2) is 0 Å². The van der Waals surface area contributed by atoms with E-state index in [0.29, 0.717) is 19.8 Å². The van der Waals surface area contributed by atoms with Gasteiger partial charge in [0.1, 0.15) is 0 Å². The van der Waals surface area contributed by atoms with Gasteiger partial charge in [0.2, 0.25) is 0 Å². The molecular weight excluding hydrogens is 666 g/mol. The van der Waals surface area contributed by atoms with Gasteiger partial charge in [0.25, 0.3) is 0 Å². The maximum absolute atomic E-state index is 5.62. The fraction of sp³-hybridized carbons (Fsp3) is 1.00. The van der Waals surface area contributed by atoms with Crippen LogP contribution in [0.3, 0.4) is 0 Å². The minimum atomic E-state index is -1.28. The Labute approximate surface area is 166 Å². The number of hydrogen-bond acceptors (Lipinski definition) is 3. The molecule has 0 N–H and O–H groups in total. The van der Waals surface area contributed by atoms with E-state index in [4.69, 9.17) is 13.6 Å². The van der Waals surface area contributed by atoms with Gasteiger partial charge in [-0.25, -0.2) is 0 Å². The van der Waals surface area contributed by atoms with E-state index in [9.17, 15) is 0 Å². The van der Waals surface area contributed by atoms with Gasteiger partial charge in [-0.15, -0.1) is 0 Å². The van der Waals surface area contributed by atoms with Gasteiger partial charge in [-0.2, -0.15) is 0 Å². The van der Waals surface area contributed by atoms with E-state index in [-0.39, 0.29) is 11.2 Å². The van der Waals surface area contributed by atoms with Gasteiger partial charge >= 0.3 is 8.60 Å². The Balaban J connectivity index is 3.85. The topological polar surface area (TPSA) is 27.7 Å². The van der Waals surface area contributed by atoms with Crippen LogP contribution >= 0.6 is 104 Å². The van der Waals surface area contributed by atoms with Gasteiger partial charge in [0, 0.05) is 0 Å². The first-order chi connectivity index (χ1) is 8.91. The second-order valence-corrected chi connectivity index (χ2v) is 14.8. The van der Waals surface area contributed by atoms with Crippen LogP contribution in [0.25, 0.3) is 0 Å². The lowest BCUT2D eigenvalue weighted by Crippen LogP contribution is -2.04. The molecule has 0 aromatic rings. The van der Waals surface area contributed by atoms with E-state index in [2.05, 4.69) is 95.6 Å². The van der Waals surface area contributed by atoms with Crippen molar-refractivity contribution in [3.63, 3.8) is 0 Å². The number of halogens is 6. The zero-order valence-electron chi connectivity index (χ0n) is 9.91. The molecule has 0 amide bonds. The molecule has 0 aliphatic carbocycles.